The molecule has 1 heterocycles. The zero-order chi connectivity index (χ0) is 14.3. The van der Waals surface area contributed by atoms with Crippen molar-refractivity contribution in [2.75, 3.05) is 31.6 Å². The highest BCUT2D eigenvalue weighted by molar-refractivity contribution is 7.99. The van der Waals surface area contributed by atoms with Crippen molar-refractivity contribution >= 4 is 23.8 Å². The van der Waals surface area contributed by atoms with Crippen LogP contribution in [0, 0.1) is 0 Å². The molecule has 1 atom stereocenters. The molecule has 1 aliphatic rings. The predicted molar refractivity (Wildman–Crippen MR) is 77.5 cm³/mol. The molecule has 1 rings (SSSR count). The van der Waals surface area contributed by atoms with Crippen molar-refractivity contribution in [2.24, 2.45) is 0 Å². The number of nitrogens with zero attached hydrogens (tertiary/aromatic N) is 2. The molecule has 108 valence electrons. The van der Waals surface area contributed by atoms with Gasteiger partial charge < -0.3 is 14.9 Å². The first kappa shape index (κ1) is 15.9. The van der Waals surface area contributed by atoms with Gasteiger partial charge in [-0.05, 0) is 12.8 Å². The maximum atomic E-state index is 12.3. The third-order valence-electron chi connectivity index (χ3n) is 3.11. The Morgan fingerprint density at radius 2 is 2.32 bits per heavy atom. The van der Waals surface area contributed by atoms with Gasteiger partial charge in [0, 0.05) is 31.6 Å². The molecule has 1 unspecified atom stereocenters. The molecule has 1 aliphatic heterocycles. The van der Waals surface area contributed by atoms with Gasteiger partial charge in [0.2, 0.25) is 0 Å². The Bertz CT molecular complexity index is 336. The van der Waals surface area contributed by atoms with Crippen LogP contribution in [0.25, 0.3) is 0 Å². The van der Waals surface area contributed by atoms with Crippen LogP contribution in [0.5, 0.6) is 0 Å². The summed E-state index contributed by atoms with van der Waals surface area (Å²) in [6.45, 7) is 4.96. The first-order valence-corrected chi connectivity index (χ1v) is 7.64. The second-order valence-corrected chi connectivity index (χ2v) is 5.80. The molecule has 0 saturated carbocycles. The summed E-state index contributed by atoms with van der Waals surface area (Å²) in [6.07, 6.45) is 3.63. The van der Waals surface area contributed by atoms with E-state index in [1.165, 1.54) is 0 Å². The molecule has 5 nitrogen and oxygen atoms in total. The standard InChI is InChI=1S/C13H22N2O3S/c1-3-4-5-6-14(2)13(18)15-7-8-19-10-11(15)9-12(16)17/h3,11H,1,4-10H2,2H3,(H,16,17). The highest BCUT2D eigenvalue weighted by atomic mass is 32.2. The predicted octanol–water partition coefficient (Wildman–Crippen LogP) is 1.90. The average molecular weight is 286 g/mol. The van der Waals surface area contributed by atoms with Crippen LogP contribution in [0.15, 0.2) is 12.7 Å². The Morgan fingerprint density at radius 3 is 2.95 bits per heavy atom. The van der Waals surface area contributed by atoms with Crippen molar-refractivity contribution in [3.8, 4) is 0 Å². The number of hydrogen-bond donors (Lipinski definition) is 1. The molecule has 0 aromatic rings. The minimum Gasteiger partial charge on any atom is -0.481 e. The Balaban J connectivity index is 2.55. The van der Waals surface area contributed by atoms with E-state index in [0.29, 0.717) is 18.8 Å². The highest BCUT2D eigenvalue weighted by Crippen LogP contribution is 2.20. The van der Waals surface area contributed by atoms with Gasteiger partial charge in [0.05, 0.1) is 12.5 Å². The summed E-state index contributed by atoms with van der Waals surface area (Å²) in [6, 6.07) is -0.249. The van der Waals surface area contributed by atoms with Gasteiger partial charge in [0.15, 0.2) is 0 Å². The van der Waals surface area contributed by atoms with Gasteiger partial charge in [-0.2, -0.15) is 11.8 Å². The Labute approximate surface area is 118 Å². The molecular weight excluding hydrogens is 264 g/mol. The number of unbranched alkanes of at least 4 members (excludes halogenated alkanes) is 1. The minimum atomic E-state index is -0.848. The van der Waals surface area contributed by atoms with Gasteiger partial charge in [0.25, 0.3) is 0 Å². The molecule has 19 heavy (non-hydrogen) atoms. The van der Waals surface area contributed by atoms with Crippen LogP contribution in [-0.4, -0.2) is 64.6 Å². The van der Waals surface area contributed by atoms with Crippen LogP contribution >= 0.6 is 11.8 Å². The molecule has 0 spiro atoms. The number of carbonyl (C=O) groups excluding carboxylic acids is 1. The summed E-state index contributed by atoms with van der Waals surface area (Å²) in [5, 5.41) is 8.91. The maximum absolute atomic E-state index is 12.3. The summed E-state index contributed by atoms with van der Waals surface area (Å²) in [7, 11) is 1.77. The number of rotatable bonds is 6. The number of amides is 2. The molecule has 1 fully saturated rings. The van der Waals surface area contributed by atoms with E-state index >= 15 is 0 Å². The number of hydrogen-bond acceptors (Lipinski definition) is 3. The van der Waals surface area contributed by atoms with Crippen molar-refractivity contribution in [3.05, 3.63) is 12.7 Å². The van der Waals surface area contributed by atoms with Crippen LogP contribution in [0.2, 0.25) is 0 Å². The fourth-order valence-corrected chi connectivity index (χ4v) is 3.13. The van der Waals surface area contributed by atoms with Crippen LogP contribution in [-0.2, 0) is 4.79 Å². The smallest absolute Gasteiger partial charge is 0.320 e. The van der Waals surface area contributed by atoms with Gasteiger partial charge in [0.1, 0.15) is 0 Å². The second kappa shape index (κ2) is 8.09. The number of urea groups is 1. The normalized spacial score (nSPS) is 19.0. The number of carbonyl (C=O) groups is 2. The van der Waals surface area contributed by atoms with E-state index < -0.39 is 5.97 Å². The van der Waals surface area contributed by atoms with E-state index in [9.17, 15) is 9.59 Å². The Morgan fingerprint density at radius 1 is 1.58 bits per heavy atom. The second-order valence-electron chi connectivity index (χ2n) is 4.66. The number of allylic oxidation sites excluding steroid dienone is 1. The molecule has 0 aromatic carbocycles. The largest absolute Gasteiger partial charge is 0.481 e. The number of aliphatic carboxylic acids is 1. The van der Waals surface area contributed by atoms with Crippen molar-refractivity contribution in [2.45, 2.75) is 25.3 Å². The van der Waals surface area contributed by atoms with E-state index in [2.05, 4.69) is 6.58 Å². The van der Waals surface area contributed by atoms with Crippen LogP contribution < -0.4 is 0 Å². The fraction of sp³-hybridized carbons (Fsp3) is 0.692. The lowest BCUT2D eigenvalue weighted by Gasteiger charge is -2.37. The van der Waals surface area contributed by atoms with Crippen molar-refractivity contribution in [1.82, 2.24) is 9.80 Å². The van der Waals surface area contributed by atoms with Gasteiger partial charge in [-0.25, -0.2) is 4.79 Å². The molecule has 2 amide bonds. The van der Waals surface area contributed by atoms with Crippen molar-refractivity contribution < 1.29 is 14.7 Å². The van der Waals surface area contributed by atoms with E-state index in [-0.39, 0.29) is 18.5 Å². The van der Waals surface area contributed by atoms with Gasteiger partial charge in [-0.3, -0.25) is 4.79 Å². The van der Waals surface area contributed by atoms with Crippen LogP contribution in [0.3, 0.4) is 0 Å². The molecule has 6 heteroatoms. The van der Waals surface area contributed by atoms with Crippen molar-refractivity contribution in [1.29, 1.82) is 0 Å². The summed E-state index contributed by atoms with van der Waals surface area (Å²) < 4.78 is 0. The zero-order valence-corrected chi connectivity index (χ0v) is 12.2. The number of thioether (sulfide) groups is 1. The lowest BCUT2D eigenvalue weighted by Crippen LogP contribution is -2.51. The molecular formula is C13H22N2O3S. The third kappa shape index (κ3) is 5.14. The Kier molecular flexibility index (Phi) is 6.77. The lowest BCUT2D eigenvalue weighted by molar-refractivity contribution is -0.138. The van der Waals surface area contributed by atoms with Gasteiger partial charge >= 0.3 is 12.0 Å². The Hall–Kier alpha value is -1.17. The molecule has 1 saturated heterocycles. The first-order chi connectivity index (χ1) is 9.06. The van der Waals surface area contributed by atoms with Gasteiger partial charge in [-0.1, -0.05) is 6.08 Å². The summed E-state index contributed by atoms with van der Waals surface area (Å²) in [4.78, 5) is 26.5. The topological polar surface area (TPSA) is 60.9 Å². The molecule has 0 aliphatic carbocycles. The SMILES string of the molecule is C=CCCCN(C)C(=O)N1CCSCC1CC(=O)O. The summed E-state index contributed by atoms with van der Waals surface area (Å²) >= 11 is 1.71. The molecule has 1 N–H and O–H groups in total. The van der Waals surface area contributed by atoms with Crippen molar-refractivity contribution in [3.63, 3.8) is 0 Å². The van der Waals surface area contributed by atoms with Crippen LogP contribution in [0.4, 0.5) is 4.79 Å². The first-order valence-electron chi connectivity index (χ1n) is 6.48. The third-order valence-corrected chi connectivity index (χ3v) is 4.20. The van der Waals surface area contributed by atoms with E-state index in [0.717, 1.165) is 18.6 Å². The molecule has 0 aromatic heterocycles. The highest BCUT2D eigenvalue weighted by Gasteiger charge is 2.30. The van der Waals surface area contributed by atoms with E-state index in [4.69, 9.17) is 5.11 Å². The fourth-order valence-electron chi connectivity index (χ4n) is 2.07. The maximum Gasteiger partial charge on any atom is 0.320 e. The quantitative estimate of drug-likeness (QED) is 0.598. The number of carboxylic acid groups (broad SMARTS) is 1. The number of carboxylic acids is 1. The average Bonchev–Trinajstić information content (AvgIpc) is 2.38. The van der Waals surface area contributed by atoms with Crippen LogP contribution in [0.1, 0.15) is 19.3 Å². The summed E-state index contributed by atoms with van der Waals surface area (Å²) in [5.41, 5.74) is 0. The minimum absolute atomic E-state index is 0.0270. The molecule has 0 bridgehead atoms. The molecule has 0 radical (unpaired) electrons. The monoisotopic (exact) mass is 286 g/mol. The summed E-state index contributed by atoms with van der Waals surface area (Å²) in [5.74, 6) is 0.737. The van der Waals surface area contributed by atoms with Gasteiger partial charge in [-0.15, -0.1) is 6.58 Å². The zero-order valence-electron chi connectivity index (χ0n) is 11.4. The lowest BCUT2D eigenvalue weighted by atomic mass is 10.2. The van der Waals surface area contributed by atoms with E-state index in [1.807, 2.05) is 6.08 Å². The van der Waals surface area contributed by atoms with E-state index in [1.54, 1.807) is 28.6 Å².